The Morgan fingerprint density at radius 2 is 1.58 bits per heavy atom. The normalized spacial score (nSPS) is 20.2. The topological polar surface area (TPSA) is 29.1 Å². The van der Waals surface area contributed by atoms with Gasteiger partial charge in [0.25, 0.3) is 0 Å². The molecule has 0 radical (unpaired) electrons. The third-order valence-corrected chi connectivity index (χ3v) is 5.77. The van der Waals surface area contributed by atoms with Gasteiger partial charge in [0.15, 0.2) is 5.78 Å². The number of benzene rings is 1. The van der Waals surface area contributed by atoms with Crippen LogP contribution in [0.3, 0.4) is 0 Å². The Balaban J connectivity index is 2.10. The monoisotopic (exact) mass is 351 g/mol. The summed E-state index contributed by atoms with van der Waals surface area (Å²) in [5, 5.41) is 3.64. The molecule has 3 rings (SSSR count). The molecular weight excluding hydrogens is 318 g/mol. The summed E-state index contributed by atoms with van der Waals surface area (Å²) in [5.74, 6) is 1.71. The molecule has 1 aromatic carbocycles. The molecule has 2 aliphatic rings. The molecule has 1 heterocycles. The number of nitrogens with one attached hydrogen (secondary N) is 1. The van der Waals surface area contributed by atoms with Gasteiger partial charge >= 0.3 is 0 Å². The molecule has 1 unspecified atom stereocenters. The highest BCUT2D eigenvalue weighted by Crippen LogP contribution is 2.40. The van der Waals surface area contributed by atoms with Crippen LogP contribution in [-0.2, 0) is 4.79 Å². The van der Waals surface area contributed by atoms with Crippen LogP contribution in [0.25, 0.3) is 0 Å². The molecule has 0 saturated heterocycles. The lowest BCUT2D eigenvalue weighted by molar-refractivity contribution is -0.115. The van der Waals surface area contributed by atoms with Crippen LogP contribution in [0, 0.1) is 0 Å². The van der Waals surface area contributed by atoms with Crippen molar-refractivity contribution in [3.63, 3.8) is 0 Å². The second-order valence-electron chi connectivity index (χ2n) is 8.74. The van der Waals surface area contributed by atoms with Crippen LogP contribution >= 0.6 is 0 Å². The SMILES string of the molecule is CC(C)c1cc(C(C)C)c(C2CCC3=C(N2)C(=O)CC=C3)c(C(C)C)c1. The van der Waals surface area contributed by atoms with Crippen LogP contribution in [-0.4, -0.2) is 5.78 Å². The molecule has 1 N–H and O–H groups in total. The molecule has 2 nitrogen and oxygen atoms in total. The van der Waals surface area contributed by atoms with Gasteiger partial charge in [0.05, 0.1) is 11.7 Å². The lowest BCUT2D eigenvalue weighted by atomic mass is 9.79. The summed E-state index contributed by atoms with van der Waals surface area (Å²) in [5.41, 5.74) is 7.80. The van der Waals surface area contributed by atoms with E-state index in [0.29, 0.717) is 24.2 Å². The Bertz CT molecular complexity index is 735. The molecule has 1 atom stereocenters. The van der Waals surface area contributed by atoms with Crippen molar-refractivity contribution in [2.45, 2.75) is 84.6 Å². The van der Waals surface area contributed by atoms with Gasteiger partial charge in [-0.2, -0.15) is 0 Å². The van der Waals surface area contributed by atoms with Crippen molar-refractivity contribution in [1.82, 2.24) is 5.32 Å². The molecule has 140 valence electrons. The van der Waals surface area contributed by atoms with E-state index in [1.165, 1.54) is 27.8 Å². The van der Waals surface area contributed by atoms with Crippen LogP contribution in [0.15, 0.2) is 35.6 Å². The van der Waals surface area contributed by atoms with E-state index in [1.54, 1.807) is 0 Å². The number of hydrogen-bond acceptors (Lipinski definition) is 2. The summed E-state index contributed by atoms with van der Waals surface area (Å²) in [4.78, 5) is 12.4. The first-order valence-corrected chi connectivity index (χ1v) is 10.2. The third-order valence-electron chi connectivity index (χ3n) is 5.77. The van der Waals surface area contributed by atoms with Crippen molar-refractivity contribution in [2.24, 2.45) is 0 Å². The van der Waals surface area contributed by atoms with Crippen molar-refractivity contribution in [3.05, 3.63) is 57.8 Å². The van der Waals surface area contributed by atoms with Gasteiger partial charge in [-0.3, -0.25) is 4.79 Å². The number of ketones is 1. The molecule has 0 spiro atoms. The van der Waals surface area contributed by atoms with Crippen LogP contribution in [0.5, 0.6) is 0 Å². The average Bonchev–Trinajstić information content (AvgIpc) is 2.60. The number of carbonyl (C=O) groups is 1. The molecule has 0 fully saturated rings. The highest BCUT2D eigenvalue weighted by molar-refractivity contribution is 5.98. The van der Waals surface area contributed by atoms with E-state index in [1.807, 2.05) is 6.08 Å². The number of allylic oxidation sites excluding steroid dienone is 4. The zero-order chi connectivity index (χ0) is 19.0. The fourth-order valence-electron chi connectivity index (χ4n) is 4.23. The van der Waals surface area contributed by atoms with Gasteiger partial charge in [-0.25, -0.2) is 0 Å². The molecular formula is C24H33NO. The summed E-state index contributed by atoms with van der Waals surface area (Å²) in [6, 6.07) is 5.05. The van der Waals surface area contributed by atoms with Gasteiger partial charge in [-0.15, -0.1) is 0 Å². The Hall–Kier alpha value is -1.83. The average molecular weight is 352 g/mol. The lowest BCUT2D eigenvalue weighted by Crippen LogP contribution is -2.33. The minimum atomic E-state index is 0.236. The number of Topliss-reactive ketones (excluding diaryl/α,β-unsaturated/α-hetero) is 1. The Morgan fingerprint density at radius 3 is 2.12 bits per heavy atom. The van der Waals surface area contributed by atoms with E-state index in [2.05, 4.69) is 65.1 Å². The first-order chi connectivity index (χ1) is 12.3. The highest BCUT2D eigenvalue weighted by atomic mass is 16.1. The zero-order valence-corrected chi connectivity index (χ0v) is 17.1. The van der Waals surface area contributed by atoms with E-state index in [9.17, 15) is 4.79 Å². The molecule has 2 heteroatoms. The second kappa shape index (κ2) is 7.42. The van der Waals surface area contributed by atoms with Crippen molar-refractivity contribution in [1.29, 1.82) is 0 Å². The van der Waals surface area contributed by atoms with Gasteiger partial charge in [0.2, 0.25) is 0 Å². The highest BCUT2D eigenvalue weighted by Gasteiger charge is 2.30. The summed E-state index contributed by atoms with van der Waals surface area (Å²) < 4.78 is 0. The number of rotatable bonds is 4. The van der Waals surface area contributed by atoms with Gasteiger partial charge < -0.3 is 5.32 Å². The van der Waals surface area contributed by atoms with E-state index in [4.69, 9.17) is 0 Å². The Kier molecular flexibility index (Phi) is 5.41. The summed E-state index contributed by atoms with van der Waals surface area (Å²) in [6.07, 6.45) is 6.69. The fraction of sp³-hybridized carbons (Fsp3) is 0.542. The smallest absolute Gasteiger partial charge is 0.182 e. The van der Waals surface area contributed by atoms with Crippen molar-refractivity contribution in [3.8, 4) is 0 Å². The van der Waals surface area contributed by atoms with E-state index < -0.39 is 0 Å². The summed E-state index contributed by atoms with van der Waals surface area (Å²) in [6.45, 7) is 13.7. The van der Waals surface area contributed by atoms with Crippen molar-refractivity contribution >= 4 is 5.78 Å². The zero-order valence-electron chi connectivity index (χ0n) is 17.1. The first kappa shape index (κ1) is 18.9. The first-order valence-electron chi connectivity index (χ1n) is 10.2. The quantitative estimate of drug-likeness (QED) is 0.693. The predicted molar refractivity (Wildman–Crippen MR) is 110 cm³/mol. The minimum absolute atomic E-state index is 0.236. The maximum Gasteiger partial charge on any atom is 0.182 e. The largest absolute Gasteiger partial charge is 0.375 e. The molecule has 1 aliphatic heterocycles. The molecule has 0 saturated carbocycles. The van der Waals surface area contributed by atoms with Crippen molar-refractivity contribution in [2.75, 3.05) is 0 Å². The lowest BCUT2D eigenvalue weighted by Gasteiger charge is -2.34. The maximum absolute atomic E-state index is 12.4. The Labute approximate surface area is 158 Å². The number of carbonyl (C=O) groups excluding carboxylic acids is 1. The fourth-order valence-corrected chi connectivity index (χ4v) is 4.23. The summed E-state index contributed by atoms with van der Waals surface area (Å²) >= 11 is 0. The number of hydrogen-bond donors (Lipinski definition) is 1. The van der Waals surface area contributed by atoms with Crippen molar-refractivity contribution < 1.29 is 4.79 Å². The molecule has 0 aromatic heterocycles. The van der Waals surface area contributed by atoms with Crippen LogP contribution < -0.4 is 5.32 Å². The summed E-state index contributed by atoms with van der Waals surface area (Å²) in [7, 11) is 0. The van der Waals surface area contributed by atoms with Gasteiger partial charge in [-0.1, -0.05) is 65.8 Å². The van der Waals surface area contributed by atoms with E-state index in [0.717, 1.165) is 18.5 Å². The van der Waals surface area contributed by atoms with Gasteiger partial charge in [-0.05, 0) is 58.4 Å². The second-order valence-corrected chi connectivity index (χ2v) is 8.74. The van der Waals surface area contributed by atoms with Crippen LogP contribution in [0.1, 0.15) is 107 Å². The standard InChI is InChI=1S/C24H33NO/c1-14(2)18-12-19(15(3)4)23(20(13-18)16(5)6)21-11-10-17-8-7-9-22(26)24(17)25-21/h7-8,12-16,21,25H,9-11H2,1-6H3. The third kappa shape index (κ3) is 3.51. The molecule has 0 amide bonds. The van der Waals surface area contributed by atoms with Crippen LogP contribution in [0.4, 0.5) is 0 Å². The minimum Gasteiger partial charge on any atom is -0.375 e. The molecule has 1 aliphatic carbocycles. The molecule has 26 heavy (non-hydrogen) atoms. The molecule has 1 aromatic rings. The predicted octanol–water partition coefficient (Wildman–Crippen LogP) is 6.26. The van der Waals surface area contributed by atoms with Gasteiger partial charge in [0, 0.05) is 6.42 Å². The Morgan fingerprint density at radius 1 is 0.962 bits per heavy atom. The molecule has 0 bridgehead atoms. The van der Waals surface area contributed by atoms with E-state index >= 15 is 0 Å². The van der Waals surface area contributed by atoms with E-state index in [-0.39, 0.29) is 11.8 Å². The van der Waals surface area contributed by atoms with Crippen LogP contribution in [0.2, 0.25) is 0 Å². The maximum atomic E-state index is 12.4. The van der Waals surface area contributed by atoms with Gasteiger partial charge in [0.1, 0.15) is 0 Å².